The van der Waals surface area contributed by atoms with Crippen LogP contribution in [0, 0.1) is 12.7 Å². The number of aromatic carboxylic acids is 1. The predicted octanol–water partition coefficient (Wildman–Crippen LogP) is 3.74. The highest BCUT2D eigenvalue weighted by molar-refractivity contribution is 7.92. The molecule has 1 aliphatic rings. The molecule has 0 bridgehead atoms. The van der Waals surface area contributed by atoms with Crippen molar-refractivity contribution in [1.82, 2.24) is 4.98 Å². The summed E-state index contributed by atoms with van der Waals surface area (Å²) in [6, 6.07) is 14.1. The average molecular weight is 485 g/mol. The van der Waals surface area contributed by atoms with E-state index in [9.17, 15) is 22.7 Å². The summed E-state index contributed by atoms with van der Waals surface area (Å²) in [4.78, 5) is 20.2. The van der Waals surface area contributed by atoms with Crippen molar-refractivity contribution in [2.75, 3.05) is 34.2 Å². The van der Waals surface area contributed by atoms with Crippen molar-refractivity contribution < 1.29 is 22.7 Å². The maximum Gasteiger partial charge on any atom is 0.339 e. The third kappa shape index (κ3) is 4.96. The fourth-order valence-corrected chi connectivity index (χ4v) is 5.18. The van der Waals surface area contributed by atoms with Crippen molar-refractivity contribution in [2.24, 2.45) is 0 Å². The van der Waals surface area contributed by atoms with Crippen molar-refractivity contribution in [3.63, 3.8) is 0 Å². The minimum absolute atomic E-state index is 0.0168. The van der Waals surface area contributed by atoms with Crippen LogP contribution in [0.1, 0.15) is 22.8 Å². The Morgan fingerprint density at radius 3 is 2.59 bits per heavy atom. The summed E-state index contributed by atoms with van der Waals surface area (Å²) < 4.78 is 40.9. The molecular formula is C24H25FN4O4S. The maximum absolute atomic E-state index is 13.5. The molecule has 2 aromatic carbocycles. The lowest BCUT2D eigenvalue weighted by molar-refractivity contribution is 0.0697. The summed E-state index contributed by atoms with van der Waals surface area (Å²) in [6.45, 7) is 5.89. The molecule has 10 heteroatoms. The fourth-order valence-electron chi connectivity index (χ4n) is 4.11. The lowest BCUT2D eigenvalue weighted by Crippen LogP contribution is -2.52. The zero-order valence-corrected chi connectivity index (χ0v) is 19.6. The number of pyridine rings is 1. The molecule has 1 unspecified atom stereocenters. The standard InChI is InChI=1S/C24H25FN4O4S/c1-16-5-3-7-20(11-16)29-10-9-28(15-17(29)2)23-22(24(30)31)13-19(14-26-23)27-34(32,33)21-8-4-6-18(25)12-21/h3-8,11-14,17,27H,9-10,15H2,1-2H3,(H,30,31). The first-order chi connectivity index (χ1) is 16.1. The molecule has 0 radical (unpaired) electrons. The van der Waals surface area contributed by atoms with E-state index in [1.807, 2.05) is 24.0 Å². The van der Waals surface area contributed by atoms with Gasteiger partial charge in [-0.25, -0.2) is 22.6 Å². The Hall–Kier alpha value is -3.66. The number of aromatic nitrogens is 1. The second-order valence-corrected chi connectivity index (χ2v) is 9.97. The van der Waals surface area contributed by atoms with Crippen LogP contribution in [0.5, 0.6) is 0 Å². The van der Waals surface area contributed by atoms with Crippen LogP contribution in [-0.4, -0.2) is 50.2 Å². The van der Waals surface area contributed by atoms with Gasteiger partial charge < -0.3 is 14.9 Å². The zero-order chi connectivity index (χ0) is 24.5. The Balaban J connectivity index is 1.56. The van der Waals surface area contributed by atoms with E-state index in [-0.39, 0.29) is 28.0 Å². The molecule has 34 heavy (non-hydrogen) atoms. The van der Waals surface area contributed by atoms with Gasteiger partial charge in [-0.1, -0.05) is 18.2 Å². The summed E-state index contributed by atoms with van der Waals surface area (Å²) in [5.74, 6) is -1.64. The molecule has 1 aromatic heterocycles. The van der Waals surface area contributed by atoms with Crippen LogP contribution in [0.4, 0.5) is 21.6 Å². The Bertz CT molecular complexity index is 1330. The second kappa shape index (κ2) is 9.30. The summed E-state index contributed by atoms with van der Waals surface area (Å²) in [5, 5.41) is 9.80. The van der Waals surface area contributed by atoms with E-state index in [1.165, 1.54) is 30.0 Å². The molecule has 4 rings (SSSR count). The Morgan fingerprint density at radius 2 is 1.91 bits per heavy atom. The molecule has 178 valence electrons. The number of sulfonamides is 1. The maximum atomic E-state index is 13.5. The monoisotopic (exact) mass is 484 g/mol. The average Bonchev–Trinajstić information content (AvgIpc) is 2.78. The van der Waals surface area contributed by atoms with Gasteiger partial charge in [0.1, 0.15) is 17.2 Å². The number of hydrogen-bond donors (Lipinski definition) is 2. The second-order valence-electron chi connectivity index (χ2n) is 8.29. The lowest BCUT2D eigenvalue weighted by atomic mass is 10.1. The third-order valence-electron chi connectivity index (χ3n) is 5.72. The molecule has 2 heterocycles. The fraction of sp³-hybridized carbons (Fsp3) is 0.250. The minimum Gasteiger partial charge on any atom is -0.478 e. The zero-order valence-electron chi connectivity index (χ0n) is 18.8. The van der Waals surface area contributed by atoms with Crippen molar-refractivity contribution in [2.45, 2.75) is 24.8 Å². The minimum atomic E-state index is -4.11. The Labute approximate surface area is 197 Å². The van der Waals surface area contributed by atoms with E-state index < -0.39 is 21.8 Å². The molecule has 1 aliphatic heterocycles. The van der Waals surface area contributed by atoms with Crippen LogP contribution in [0.15, 0.2) is 65.7 Å². The highest BCUT2D eigenvalue weighted by Gasteiger charge is 2.28. The molecular weight excluding hydrogens is 459 g/mol. The first-order valence-corrected chi connectivity index (χ1v) is 12.2. The number of rotatable bonds is 6. The van der Waals surface area contributed by atoms with Crippen LogP contribution in [0.3, 0.4) is 0 Å². The van der Waals surface area contributed by atoms with Crippen LogP contribution < -0.4 is 14.5 Å². The normalized spacial score (nSPS) is 16.4. The van der Waals surface area contributed by atoms with Gasteiger partial charge in [-0.05, 0) is 55.8 Å². The molecule has 8 nitrogen and oxygen atoms in total. The summed E-state index contributed by atoms with van der Waals surface area (Å²) in [7, 11) is -4.11. The number of hydrogen-bond acceptors (Lipinski definition) is 6. The van der Waals surface area contributed by atoms with Gasteiger partial charge in [0.25, 0.3) is 10.0 Å². The summed E-state index contributed by atoms with van der Waals surface area (Å²) in [5.41, 5.74) is 2.14. The van der Waals surface area contributed by atoms with Gasteiger partial charge in [0.2, 0.25) is 0 Å². The van der Waals surface area contributed by atoms with Gasteiger partial charge in [-0.2, -0.15) is 0 Å². The molecule has 0 aliphatic carbocycles. The first-order valence-electron chi connectivity index (χ1n) is 10.7. The summed E-state index contributed by atoms with van der Waals surface area (Å²) in [6.07, 6.45) is 1.27. The van der Waals surface area contributed by atoms with Gasteiger partial charge in [-0.15, -0.1) is 0 Å². The van der Waals surface area contributed by atoms with Crippen LogP contribution >= 0.6 is 0 Å². The molecule has 0 spiro atoms. The summed E-state index contributed by atoms with van der Waals surface area (Å²) >= 11 is 0. The highest BCUT2D eigenvalue weighted by Crippen LogP contribution is 2.28. The predicted molar refractivity (Wildman–Crippen MR) is 129 cm³/mol. The number of halogens is 1. The molecule has 0 amide bonds. The van der Waals surface area contributed by atoms with Crippen molar-refractivity contribution in [3.8, 4) is 0 Å². The Kier molecular flexibility index (Phi) is 6.43. The number of nitrogens with zero attached hydrogens (tertiary/aromatic N) is 3. The third-order valence-corrected chi connectivity index (χ3v) is 7.09. The quantitative estimate of drug-likeness (QED) is 0.549. The van der Waals surface area contributed by atoms with Crippen LogP contribution in [0.25, 0.3) is 0 Å². The molecule has 2 N–H and O–H groups in total. The van der Waals surface area contributed by atoms with E-state index in [1.54, 1.807) is 0 Å². The van der Waals surface area contributed by atoms with Crippen LogP contribution in [-0.2, 0) is 10.0 Å². The van der Waals surface area contributed by atoms with Gasteiger partial charge in [0.15, 0.2) is 0 Å². The molecule has 3 aromatic rings. The smallest absolute Gasteiger partial charge is 0.339 e. The molecule has 1 saturated heterocycles. The number of carboxylic acids is 1. The van der Waals surface area contributed by atoms with E-state index in [4.69, 9.17) is 0 Å². The molecule has 1 fully saturated rings. The first kappa shape index (κ1) is 23.5. The van der Waals surface area contributed by atoms with E-state index >= 15 is 0 Å². The largest absolute Gasteiger partial charge is 0.478 e. The lowest BCUT2D eigenvalue weighted by Gasteiger charge is -2.42. The molecule has 0 saturated carbocycles. The number of nitrogens with one attached hydrogen (secondary N) is 1. The van der Waals surface area contributed by atoms with E-state index in [0.717, 1.165) is 17.8 Å². The number of carbonyl (C=O) groups is 1. The van der Waals surface area contributed by atoms with Gasteiger partial charge in [0.05, 0.1) is 16.8 Å². The topological polar surface area (TPSA) is 103 Å². The van der Waals surface area contributed by atoms with Gasteiger partial charge >= 0.3 is 5.97 Å². The van der Waals surface area contributed by atoms with Gasteiger partial charge in [0, 0.05) is 31.4 Å². The number of anilines is 3. The van der Waals surface area contributed by atoms with E-state index in [0.29, 0.717) is 19.6 Å². The Morgan fingerprint density at radius 1 is 1.15 bits per heavy atom. The number of carboxylic acid groups (broad SMARTS) is 1. The van der Waals surface area contributed by atoms with Crippen molar-refractivity contribution in [1.29, 1.82) is 0 Å². The van der Waals surface area contributed by atoms with Crippen molar-refractivity contribution >= 4 is 33.2 Å². The van der Waals surface area contributed by atoms with E-state index in [2.05, 4.69) is 33.7 Å². The van der Waals surface area contributed by atoms with Crippen LogP contribution in [0.2, 0.25) is 0 Å². The number of benzene rings is 2. The molecule has 1 atom stereocenters. The highest BCUT2D eigenvalue weighted by atomic mass is 32.2. The number of piperazine rings is 1. The SMILES string of the molecule is Cc1cccc(N2CCN(c3ncc(NS(=O)(=O)c4cccc(F)c4)cc3C(=O)O)CC2C)c1. The number of aryl methyl sites for hydroxylation is 1. The van der Waals surface area contributed by atoms with Gasteiger partial charge in [-0.3, -0.25) is 4.72 Å². The van der Waals surface area contributed by atoms with Crippen molar-refractivity contribution in [3.05, 3.63) is 77.7 Å².